The number of thiocarbonyl (C=S) groups is 1. The molecule has 3 rings (SSSR count). The SMILES string of the molecule is CC(CO)CCCNC(=S)NC1N=C(c2ccccc2)c2cc(Cl)ccc2N(C)C1=O. The standard InChI is InChI=1S/C23H27ClN4O2S/c1-15(14-29)7-6-12-25-23(31)27-21-22(30)28(2)19-11-10-17(24)13-18(19)20(26-21)16-8-4-3-5-9-16/h3-5,8-11,13,15,21,29H,6-7,12,14H2,1-2H3,(H2,25,27,31). The number of carbonyl (C=O) groups is 1. The van der Waals surface area contributed by atoms with Gasteiger partial charge < -0.3 is 20.6 Å². The van der Waals surface area contributed by atoms with Crippen LogP contribution >= 0.6 is 23.8 Å². The fraction of sp³-hybridized carbons (Fsp3) is 0.348. The van der Waals surface area contributed by atoms with Crippen LogP contribution in [0.25, 0.3) is 0 Å². The van der Waals surface area contributed by atoms with Gasteiger partial charge in [-0.2, -0.15) is 0 Å². The molecule has 164 valence electrons. The highest BCUT2D eigenvalue weighted by atomic mass is 35.5. The Morgan fingerprint density at radius 2 is 2.03 bits per heavy atom. The number of halogens is 1. The Labute approximate surface area is 193 Å². The van der Waals surface area contributed by atoms with Crippen LogP contribution in [0.3, 0.4) is 0 Å². The molecule has 0 spiro atoms. The normalized spacial score (nSPS) is 16.8. The number of nitrogens with one attached hydrogen (secondary N) is 2. The van der Waals surface area contributed by atoms with Crippen molar-refractivity contribution in [3.8, 4) is 0 Å². The molecule has 3 N–H and O–H groups in total. The first-order valence-corrected chi connectivity index (χ1v) is 11.0. The third-order valence-corrected chi connectivity index (χ3v) is 5.68. The van der Waals surface area contributed by atoms with Crippen LogP contribution in [0.5, 0.6) is 0 Å². The highest BCUT2D eigenvalue weighted by Crippen LogP contribution is 2.29. The average Bonchev–Trinajstić information content (AvgIpc) is 2.87. The number of aliphatic imine (C=N–C) groups is 1. The van der Waals surface area contributed by atoms with Crippen LogP contribution in [0.15, 0.2) is 53.5 Å². The van der Waals surface area contributed by atoms with Gasteiger partial charge in [0.25, 0.3) is 5.91 Å². The summed E-state index contributed by atoms with van der Waals surface area (Å²) in [7, 11) is 1.72. The molecule has 1 heterocycles. The van der Waals surface area contributed by atoms with Gasteiger partial charge in [0.2, 0.25) is 6.17 Å². The van der Waals surface area contributed by atoms with Crippen LogP contribution in [0.1, 0.15) is 30.9 Å². The lowest BCUT2D eigenvalue weighted by atomic mass is 10.0. The first kappa shape index (κ1) is 23.2. The van der Waals surface area contributed by atoms with E-state index in [1.54, 1.807) is 18.0 Å². The number of anilines is 1. The first-order valence-electron chi connectivity index (χ1n) is 10.3. The van der Waals surface area contributed by atoms with E-state index in [1.807, 2.05) is 49.4 Å². The van der Waals surface area contributed by atoms with Crippen LogP contribution in [0, 0.1) is 5.92 Å². The van der Waals surface area contributed by atoms with Gasteiger partial charge in [0.15, 0.2) is 5.11 Å². The maximum atomic E-state index is 13.2. The van der Waals surface area contributed by atoms with Gasteiger partial charge in [-0.3, -0.25) is 4.79 Å². The molecule has 1 aliphatic rings. The fourth-order valence-electron chi connectivity index (χ4n) is 3.39. The van der Waals surface area contributed by atoms with Crippen LogP contribution in [0.2, 0.25) is 5.02 Å². The Balaban J connectivity index is 1.85. The summed E-state index contributed by atoms with van der Waals surface area (Å²) in [5.74, 6) is 0.0383. The molecule has 0 radical (unpaired) electrons. The smallest absolute Gasteiger partial charge is 0.272 e. The predicted molar refractivity (Wildman–Crippen MR) is 130 cm³/mol. The number of fused-ring (bicyclic) bond motifs is 1. The van der Waals surface area contributed by atoms with Crippen molar-refractivity contribution in [3.05, 3.63) is 64.7 Å². The van der Waals surface area contributed by atoms with Crippen molar-refractivity contribution in [2.24, 2.45) is 10.9 Å². The van der Waals surface area contributed by atoms with E-state index in [-0.39, 0.29) is 18.4 Å². The zero-order chi connectivity index (χ0) is 22.4. The van der Waals surface area contributed by atoms with Crippen LogP contribution in [-0.2, 0) is 4.79 Å². The number of benzene rings is 2. The monoisotopic (exact) mass is 458 g/mol. The Kier molecular flexibility index (Phi) is 8.01. The molecule has 1 amide bonds. The molecule has 0 saturated heterocycles. The minimum absolute atomic E-state index is 0.174. The van der Waals surface area contributed by atoms with E-state index in [2.05, 4.69) is 10.6 Å². The molecule has 31 heavy (non-hydrogen) atoms. The molecule has 1 aliphatic heterocycles. The van der Waals surface area contributed by atoms with Crippen molar-refractivity contribution in [1.82, 2.24) is 10.6 Å². The van der Waals surface area contributed by atoms with E-state index >= 15 is 0 Å². The number of carbonyl (C=O) groups excluding carboxylic acids is 1. The highest BCUT2D eigenvalue weighted by Gasteiger charge is 2.30. The minimum atomic E-state index is -0.872. The highest BCUT2D eigenvalue weighted by molar-refractivity contribution is 7.80. The van der Waals surface area contributed by atoms with Gasteiger partial charge in [-0.25, -0.2) is 4.99 Å². The second-order valence-corrected chi connectivity index (χ2v) is 8.48. The number of rotatable bonds is 7. The Morgan fingerprint density at radius 3 is 2.74 bits per heavy atom. The van der Waals surface area contributed by atoms with Crippen molar-refractivity contribution in [2.45, 2.75) is 25.9 Å². The zero-order valence-electron chi connectivity index (χ0n) is 17.6. The van der Waals surface area contributed by atoms with Gasteiger partial charge in [0.05, 0.1) is 11.4 Å². The second kappa shape index (κ2) is 10.7. The number of nitrogens with zero attached hydrogens (tertiary/aromatic N) is 2. The molecule has 8 heteroatoms. The first-order chi connectivity index (χ1) is 14.9. The summed E-state index contributed by atoms with van der Waals surface area (Å²) in [6.45, 7) is 2.82. The lowest BCUT2D eigenvalue weighted by Gasteiger charge is -2.22. The number of aliphatic hydroxyl groups excluding tert-OH is 1. The predicted octanol–water partition coefficient (Wildman–Crippen LogP) is 3.35. The summed E-state index contributed by atoms with van der Waals surface area (Å²) in [4.78, 5) is 19.5. The number of benzodiazepines with no additional fused rings is 1. The van der Waals surface area contributed by atoms with Gasteiger partial charge in [-0.15, -0.1) is 0 Å². The molecule has 2 unspecified atom stereocenters. The van der Waals surface area contributed by atoms with Crippen molar-refractivity contribution in [3.63, 3.8) is 0 Å². The molecular formula is C23H27ClN4O2S. The topological polar surface area (TPSA) is 77.0 Å². The molecule has 6 nitrogen and oxygen atoms in total. The van der Waals surface area contributed by atoms with E-state index in [0.717, 1.165) is 29.7 Å². The lowest BCUT2D eigenvalue weighted by Crippen LogP contribution is -2.49. The van der Waals surface area contributed by atoms with Crippen molar-refractivity contribution >= 4 is 46.2 Å². The van der Waals surface area contributed by atoms with Gasteiger partial charge >= 0.3 is 0 Å². The zero-order valence-corrected chi connectivity index (χ0v) is 19.2. The molecule has 0 bridgehead atoms. The van der Waals surface area contributed by atoms with Gasteiger partial charge in [-0.1, -0.05) is 48.9 Å². The Bertz CT molecular complexity index is 967. The summed E-state index contributed by atoms with van der Waals surface area (Å²) in [6.07, 6.45) is 0.886. The number of amides is 1. The van der Waals surface area contributed by atoms with Crippen LogP contribution in [0.4, 0.5) is 5.69 Å². The third kappa shape index (κ3) is 5.81. The number of likely N-dealkylation sites (N-methyl/N-ethyl adjacent to an activating group) is 1. The van der Waals surface area contributed by atoms with E-state index in [1.165, 1.54) is 0 Å². The molecule has 2 atom stereocenters. The molecule has 0 aliphatic carbocycles. The lowest BCUT2D eigenvalue weighted by molar-refractivity contribution is -0.119. The maximum Gasteiger partial charge on any atom is 0.272 e. The Morgan fingerprint density at radius 1 is 1.29 bits per heavy atom. The van der Waals surface area contributed by atoms with E-state index in [4.69, 9.17) is 33.9 Å². The molecule has 0 fully saturated rings. The van der Waals surface area contributed by atoms with Gasteiger partial charge in [0, 0.05) is 36.3 Å². The second-order valence-electron chi connectivity index (χ2n) is 7.64. The van der Waals surface area contributed by atoms with E-state index < -0.39 is 6.17 Å². The number of hydrogen-bond acceptors (Lipinski definition) is 4. The molecule has 0 saturated carbocycles. The minimum Gasteiger partial charge on any atom is -0.396 e. The quantitative estimate of drug-likeness (QED) is 0.438. The van der Waals surface area contributed by atoms with E-state index in [0.29, 0.717) is 22.4 Å². The summed E-state index contributed by atoms with van der Waals surface area (Å²) in [6, 6.07) is 15.1. The number of aliphatic hydroxyl groups is 1. The maximum absolute atomic E-state index is 13.2. The molecule has 2 aromatic rings. The summed E-state index contributed by atoms with van der Waals surface area (Å²) >= 11 is 11.7. The van der Waals surface area contributed by atoms with Crippen molar-refractivity contribution < 1.29 is 9.90 Å². The van der Waals surface area contributed by atoms with Gasteiger partial charge in [-0.05, 0) is 49.2 Å². The number of hydrogen-bond donors (Lipinski definition) is 3. The fourth-order valence-corrected chi connectivity index (χ4v) is 3.77. The third-order valence-electron chi connectivity index (χ3n) is 5.18. The summed E-state index contributed by atoms with van der Waals surface area (Å²) in [5, 5.41) is 16.2. The Hall–Kier alpha value is -2.48. The molecule has 0 aromatic heterocycles. The summed E-state index contributed by atoms with van der Waals surface area (Å²) < 4.78 is 0. The molecular weight excluding hydrogens is 432 g/mol. The average molecular weight is 459 g/mol. The van der Waals surface area contributed by atoms with Crippen molar-refractivity contribution in [1.29, 1.82) is 0 Å². The van der Waals surface area contributed by atoms with Gasteiger partial charge in [0.1, 0.15) is 0 Å². The van der Waals surface area contributed by atoms with Crippen LogP contribution in [-0.4, -0.2) is 48.2 Å². The summed E-state index contributed by atoms with van der Waals surface area (Å²) in [5.41, 5.74) is 3.08. The van der Waals surface area contributed by atoms with Crippen molar-refractivity contribution in [2.75, 3.05) is 25.1 Å². The van der Waals surface area contributed by atoms with E-state index in [9.17, 15) is 4.79 Å². The molecule has 2 aromatic carbocycles. The largest absolute Gasteiger partial charge is 0.396 e. The van der Waals surface area contributed by atoms with Crippen LogP contribution < -0.4 is 15.5 Å².